The van der Waals surface area contributed by atoms with Gasteiger partial charge in [0.2, 0.25) is 23.6 Å². The highest BCUT2D eigenvalue weighted by atomic mass is 32.2. The first kappa shape index (κ1) is 36.6. The first-order valence-corrected chi connectivity index (χ1v) is 16.5. The molecule has 0 bridgehead atoms. The van der Waals surface area contributed by atoms with Gasteiger partial charge in [-0.3, -0.25) is 19.2 Å². The van der Waals surface area contributed by atoms with Crippen molar-refractivity contribution < 1.29 is 34.2 Å². The number of hydrogen-bond donors (Lipinski definition) is 7. The van der Waals surface area contributed by atoms with Crippen LogP contribution >= 0.6 is 11.8 Å². The van der Waals surface area contributed by atoms with E-state index in [4.69, 9.17) is 5.73 Å². The van der Waals surface area contributed by atoms with Gasteiger partial charge in [-0.1, -0.05) is 72.8 Å². The van der Waals surface area contributed by atoms with Crippen molar-refractivity contribution >= 4 is 41.4 Å². The van der Waals surface area contributed by atoms with Crippen LogP contribution in [-0.2, 0) is 43.2 Å². The second-order valence-corrected chi connectivity index (χ2v) is 11.9. The maximum atomic E-state index is 13.3. The van der Waals surface area contributed by atoms with E-state index in [-0.39, 0.29) is 31.4 Å². The topological polar surface area (TPSA) is 200 Å². The minimum Gasteiger partial charge on any atom is -0.508 e. The van der Waals surface area contributed by atoms with Crippen molar-refractivity contribution in [2.24, 2.45) is 5.73 Å². The zero-order chi connectivity index (χ0) is 34.2. The van der Waals surface area contributed by atoms with Gasteiger partial charge in [0.15, 0.2) is 0 Å². The van der Waals surface area contributed by atoms with E-state index < -0.39 is 60.3 Å². The Morgan fingerprint density at radius 2 is 1.19 bits per heavy atom. The molecule has 13 heteroatoms. The van der Waals surface area contributed by atoms with Crippen LogP contribution in [-0.4, -0.2) is 82.5 Å². The van der Waals surface area contributed by atoms with Crippen LogP contribution in [0.1, 0.15) is 23.1 Å². The monoisotopic (exact) mass is 663 g/mol. The maximum Gasteiger partial charge on any atom is 0.326 e. The minimum absolute atomic E-state index is 0.0815. The van der Waals surface area contributed by atoms with Crippen LogP contribution in [0, 0.1) is 0 Å². The van der Waals surface area contributed by atoms with Crippen LogP contribution in [0.5, 0.6) is 5.75 Å². The highest BCUT2D eigenvalue weighted by molar-refractivity contribution is 7.98. The number of carboxylic acids is 1. The van der Waals surface area contributed by atoms with E-state index in [2.05, 4.69) is 21.3 Å². The molecule has 0 aromatic heterocycles. The van der Waals surface area contributed by atoms with Crippen molar-refractivity contribution in [3.63, 3.8) is 0 Å². The van der Waals surface area contributed by atoms with E-state index in [0.717, 1.165) is 16.7 Å². The Hall–Kier alpha value is -4.88. The van der Waals surface area contributed by atoms with E-state index in [0.29, 0.717) is 5.75 Å². The molecule has 0 aliphatic heterocycles. The van der Waals surface area contributed by atoms with Crippen molar-refractivity contribution in [2.75, 3.05) is 18.6 Å². The van der Waals surface area contributed by atoms with Crippen molar-refractivity contribution in [1.82, 2.24) is 21.3 Å². The van der Waals surface area contributed by atoms with Gasteiger partial charge in [-0.2, -0.15) is 11.8 Å². The summed E-state index contributed by atoms with van der Waals surface area (Å²) in [7, 11) is 0. The molecule has 0 fully saturated rings. The van der Waals surface area contributed by atoms with Crippen LogP contribution in [0.2, 0.25) is 0 Å². The van der Waals surface area contributed by atoms with Crippen LogP contribution in [0.3, 0.4) is 0 Å². The van der Waals surface area contributed by atoms with Gasteiger partial charge in [-0.25, -0.2) is 4.79 Å². The summed E-state index contributed by atoms with van der Waals surface area (Å²) in [6, 6.07) is 19.9. The number of benzene rings is 3. The lowest BCUT2D eigenvalue weighted by molar-refractivity contribution is -0.142. The van der Waals surface area contributed by atoms with E-state index in [1.165, 1.54) is 23.9 Å². The van der Waals surface area contributed by atoms with Crippen molar-refractivity contribution in [3.8, 4) is 5.75 Å². The van der Waals surface area contributed by atoms with E-state index in [9.17, 15) is 34.2 Å². The molecule has 3 aromatic rings. The van der Waals surface area contributed by atoms with Gasteiger partial charge in [-0.15, -0.1) is 0 Å². The molecule has 12 nitrogen and oxygen atoms in total. The van der Waals surface area contributed by atoms with Gasteiger partial charge in [0.1, 0.15) is 23.9 Å². The number of amides is 4. The summed E-state index contributed by atoms with van der Waals surface area (Å²) >= 11 is 1.45. The molecule has 0 saturated heterocycles. The lowest BCUT2D eigenvalue weighted by Gasteiger charge is -2.23. The number of rotatable bonds is 18. The minimum atomic E-state index is -1.18. The molecule has 3 aromatic carbocycles. The highest BCUT2D eigenvalue weighted by Crippen LogP contribution is 2.12. The summed E-state index contributed by atoms with van der Waals surface area (Å²) in [5.41, 5.74) is 8.35. The first-order valence-electron chi connectivity index (χ1n) is 15.1. The van der Waals surface area contributed by atoms with Crippen LogP contribution in [0.15, 0.2) is 84.9 Å². The SMILES string of the molecule is CSCC[C@H](NC(=O)[C@H](Cc1ccccc1)NC(=O)CNC(=O)[C@@H](Cc1ccccc1)NC(=O)[C@@H](N)Cc1ccc(O)cc1)C(=O)O. The van der Waals surface area contributed by atoms with Crippen molar-refractivity contribution in [2.45, 2.75) is 49.9 Å². The fourth-order valence-electron chi connectivity index (χ4n) is 4.68. The third-order valence-electron chi connectivity index (χ3n) is 7.23. The molecule has 0 aliphatic carbocycles. The summed E-state index contributed by atoms with van der Waals surface area (Å²) < 4.78 is 0. The van der Waals surface area contributed by atoms with Gasteiger partial charge >= 0.3 is 5.97 Å². The molecule has 0 heterocycles. The number of phenolic OH excluding ortho intramolecular Hbond substituents is 1. The van der Waals surface area contributed by atoms with Gasteiger partial charge in [0.25, 0.3) is 0 Å². The Morgan fingerprint density at radius 1 is 0.681 bits per heavy atom. The van der Waals surface area contributed by atoms with E-state index in [1.54, 1.807) is 66.7 Å². The number of thioether (sulfide) groups is 1. The molecule has 0 saturated carbocycles. The summed E-state index contributed by atoms with van der Waals surface area (Å²) in [6.45, 7) is -0.507. The predicted molar refractivity (Wildman–Crippen MR) is 180 cm³/mol. The number of aliphatic carboxylic acids is 1. The number of hydrogen-bond acceptors (Lipinski definition) is 8. The lowest BCUT2D eigenvalue weighted by atomic mass is 10.0. The molecule has 4 amide bonds. The maximum absolute atomic E-state index is 13.3. The molecule has 47 heavy (non-hydrogen) atoms. The molecule has 3 rings (SSSR count). The molecular formula is C34H41N5O7S. The Morgan fingerprint density at radius 3 is 1.72 bits per heavy atom. The lowest BCUT2D eigenvalue weighted by Crippen LogP contribution is -2.56. The Kier molecular flexibility index (Phi) is 14.7. The zero-order valence-corrected chi connectivity index (χ0v) is 26.9. The van der Waals surface area contributed by atoms with Gasteiger partial charge in [0.05, 0.1) is 12.6 Å². The van der Waals surface area contributed by atoms with Crippen molar-refractivity contribution in [1.29, 1.82) is 0 Å². The summed E-state index contributed by atoms with van der Waals surface area (Å²) in [4.78, 5) is 64.3. The Balaban J connectivity index is 1.67. The molecule has 250 valence electrons. The zero-order valence-electron chi connectivity index (χ0n) is 26.1. The fourth-order valence-corrected chi connectivity index (χ4v) is 5.15. The number of carboxylic acid groups (broad SMARTS) is 1. The first-order chi connectivity index (χ1) is 22.5. The van der Waals surface area contributed by atoms with Gasteiger partial charge < -0.3 is 37.2 Å². The van der Waals surface area contributed by atoms with Crippen molar-refractivity contribution in [3.05, 3.63) is 102 Å². The van der Waals surface area contributed by atoms with E-state index in [1.807, 2.05) is 12.3 Å². The number of aromatic hydroxyl groups is 1. The largest absolute Gasteiger partial charge is 0.508 e. The second-order valence-electron chi connectivity index (χ2n) is 10.9. The Labute approximate surface area is 277 Å². The number of carbonyl (C=O) groups excluding carboxylic acids is 4. The Bertz CT molecular complexity index is 1480. The molecule has 8 N–H and O–H groups in total. The highest BCUT2D eigenvalue weighted by Gasteiger charge is 2.28. The second kappa shape index (κ2) is 18.9. The summed E-state index contributed by atoms with van der Waals surface area (Å²) in [5, 5.41) is 29.4. The van der Waals surface area contributed by atoms with Crippen LogP contribution in [0.25, 0.3) is 0 Å². The fraction of sp³-hybridized carbons (Fsp3) is 0.324. The van der Waals surface area contributed by atoms with Crippen LogP contribution < -0.4 is 27.0 Å². The molecule has 4 atom stereocenters. The quantitative estimate of drug-likeness (QED) is 0.104. The van der Waals surface area contributed by atoms with Crippen LogP contribution in [0.4, 0.5) is 0 Å². The smallest absolute Gasteiger partial charge is 0.326 e. The summed E-state index contributed by atoms with van der Waals surface area (Å²) in [6.07, 6.45) is 2.41. The molecule has 0 radical (unpaired) electrons. The third kappa shape index (κ3) is 12.8. The normalized spacial score (nSPS) is 13.3. The predicted octanol–water partition coefficient (Wildman–Crippen LogP) is 1.16. The molecule has 0 unspecified atom stereocenters. The number of nitrogens with two attached hydrogens (primary N) is 1. The number of carbonyl (C=O) groups is 5. The van der Waals surface area contributed by atoms with Gasteiger partial charge in [-0.05, 0) is 53.7 Å². The van der Waals surface area contributed by atoms with Gasteiger partial charge in [0, 0.05) is 12.8 Å². The number of nitrogens with one attached hydrogen (secondary N) is 4. The molecule has 0 aliphatic rings. The molecule has 0 spiro atoms. The third-order valence-corrected chi connectivity index (χ3v) is 7.87. The standard InChI is InChI=1S/C34H41N5O7S/c1-47-17-16-27(34(45)46)38-33(44)29(20-23-10-6-3-7-11-23)37-30(41)21-36-32(43)28(19-22-8-4-2-5-9-22)39-31(42)26(35)18-24-12-14-25(40)15-13-24/h2-15,26-29,40H,16-21,35H2,1H3,(H,36,43)(H,37,41)(H,38,44)(H,39,42)(H,45,46)/t26-,27-,28+,29-/m0/s1. The average Bonchev–Trinajstić information content (AvgIpc) is 3.06. The number of phenols is 1. The average molecular weight is 664 g/mol. The summed E-state index contributed by atoms with van der Waals surface area (Å²) in [5.74, 6) is -3.15. The molecular weight excluding hydrogens is 622 g/mol. The van der Waals surface area contributed by atoms with E-state index >= 15 is 0 Å².